The van der Waals surface area contributed by atoms with Gasteiger partial charge >= 0.3 is 0 Å². The smallest absolute Gasteiger partial charge is 0.271 e. The molecule has 0 aliphatic carbocycles. The highest BCUT2D eigenvalue weighted by Crippen LogP contribution is 2.31. The van der Waals surface area contributed by atoms with Crippen LogP contribution in [0.15, 0.2) is 29.4 Å². The molecule has 2 aromatic rings. The largest absolute Gasteiger partial charge is 0.495 e. The highest BCUT2D eigenvalue weighted by Gasteiger charge is 2.17. The van der Waals surface area contributed by atoms with E-state index in [9.17, 15) is 10.1 Å². The summed E-state index contributed by atoms with van der Waals surface area (Å²) in [5.74, 6) is 0.548. The van der Waals surface area contributed by atoms with Crippen molar-refractivity contribution in [2.75, 3.05) is 13.7 Å². The summed E-state index contributed by atoms with van der Waals surface area (Å²) in [7, 11) is 1.53. The van der Waals surface area contributed by atoms with Gasteiger partial charge in [-0.15, -0.1) is 0 Å². The number of non-ortho nitro benzene ring substituents is 1. The number of nitro groups is 1. The fraction of sp³-hybridized carbons (Fsp3) is 0.294. The molecule has 0 atom stereocenters. The van der Waals surface area contributed by atoms with Crippen molar-refractivity contribution in [3.63, 3.8) is 0 Å². The Morgan fingerprint density at radius 1 is 1.42 bits per heavy atom. The first-order valence-corrected chi connectivity index (χ1v) is 8.38. The first kappa shape index (κ1) is 19.4. The number of ether oxygens (including phenoxy) is 1. The number of aryl methyl sites for hydroxylation is 1. The van der Waals surface area contributed by atoms with E-state index in [2.05, 4.69) is 15.8 Å². The van der Waals surface area contributed by atoms with Crippen molar-refractivity contribution in [3.05, 3.63) is 51.3 Å². The SMILES string of the molecule is CCNC(=S)N/N=C\c1cc(C)n(-c2cc([N+](=O)[O-])ccc2OC)c1C. The predicted molar refractivity (Wildman–Crippen MR) is 105 cm³/mol. The van der Waals surface area contributed by atoms with Crippen LogP contribution >= 0.6 is 12.2 Å². The third-order valence-electron chi connectivity index (χ3n) is 3.79. The summed E-state index contributed by atoms with van der Waals surface area (Å²) in [6.45, 7) is 6.48. The molecule has 138 valence electrons. The van der Waals surface area contributed by atoms with Crippen LogP contribution in [0.25, 0.3) is 5.69 Å². The first-order chi connectivity index (χ1) is 12.4. The van der Waals surface area contributed by atoms with Gasteiger partial charge in [0.2, 0.25) is 0 Å². The Labute approximate surface area is 157 Å². The maximum Gasteiger partial charge on any atom is 0.271 e. The van der Waals surface area contributed by atoms with Crippen LogP contribution in [0.2, 0.25) is 0 Å². The number of hydrogen-bond acceptors (Lipinski definition) is 5. The van der Waals surface area contributed by atoms with Crippen molar-refractivity contribution >= 4 is 29.2 Å². The summed E-state index contributed by atoms with van der Waals surface area (Å²) in [6.07, 6.45) is 1.66. The van der Waals surface area contributed by atoms with Crippen molar-refractivity contribution < 1.29 is 9.66 Å². The fourth-order valence-electron chi connectivity index (χ4n) is 2.62. The number of nitro benzene ring substituents is 1. The van der Waals surface area contributed by atoms with Crippen molar-refractivity contribution in [3.8, 4) is 11.4 Å². The van der Waals surface area contributed by atoms with Crippen molar-refractivity contribution in [1.29, 1.82) is 0 Å². The number of benzene rings is 1. The van der Waals surface area contributed by atoms with Gasteiger partial charge in [-0.25, -0.2) is 0 Å². The average molecular weight is 375 g/mol. The third-order valence-corrected chi connectivity index (χ3v) is 4.03. The average Bonchev–Trinajstić information content (AvgIpc) is 2.88. The van der Waals surface area contributed by atoms with E-state index in [0.29, 0.717) is 23.1 Å². The first-order valence-electron chi connectivity index (χ1n) is 7.97. The molecule has 9 heteroatoms. The van der Waals surface area contributed by atoms with Gasteiger partial charge in [-0.3, -0.25) is 15.5 Å². The van der Waals surface area contributed by atoms with E-state index in [1.165, 1.54) is 19.2 Å². The van der Waals surface area contributed by atoms with Crippen LogP contribution in [-0.4, -0.2) is 34.5 Å². The molecule has 2 N–H and O–H groups in total. The molecule has 0 aliphatic rings. The molecule has 0 amide bonds. The number of hydrogen-bond donors (Lipinski definition) is 2. The highest BCUT2D eigenvalue weighted by atomic mass is 32.1. The second-order valence-corrected chi connectivity index (χ2v) is 5.91. The van der Waals surface area contributed by atoms with E-state index >= 15 is 0 Å². The second kappa shape index (κ2) is 8.43. The van der Waals surface area contributed by atoms with Gasteiger partial charge in [0.1, 0.15) is 5.75 Å². The number of hydrazone groups is 1. The molecule has 26 heavy (non-hydrogen) atoms. The number of nitrogens with one attached hydrogen (secondary N) is 2. The molecule has 8 nitrogen and oxygen atoms in total. The number of aromatic nitrogens is 1. The summed E-state index contributed by atoms with van der Waals surface area (Å²) in [5.41, 5.74) is 5.99. The summed E-state index contributed by atoms with van der Waals surface area (Å²) >= 11 is 5.06. The normalized spacial score (nSPS) is 10.8. The zero-order valence-electron chi connectivity index (χ0n) is 15.1. The predicted octanol–water partition coefficient (Wildman–Crippen LogP) is 2.83. The highest BCUT2D eigenvalue weighted by molar-refractivity contribution is 7.80. The number of methoxy groups -OCH3 is 1. The van der Waals surface area contributed by atoms with E-state index in [-0.39, 0.29) is 5.69 Å². The molecule has 0 radical (unpaired) electrons. The van der Waals surface area contributed by atoms with Crippen molar-refractivity contribution in [1.82, 2.24) is 15.3 Å². The lowest BCUT2D eigenvalue weighted by atomic mass is 10.2. The minimum absolute atomic E-state index is 0.00109. The third kappa shape index (κ3) is 4.17. The van der Waals surface area contributed by atoms with E-state index < -0.39 is 4.92 Å². The Kier molecular flexibility index (Phi) is 6.29. The molecular weight excluding hydrogens is 354 g/mol. The Morgan fingerprint density at radius 2 is 2.15 bits per heavy atom. The topological polar surface area (TPSA) is 93.7 Å². The van der Waals surface area contributed by atoms with Gasteiger partial charge < -0.3 is 14.6 Å². The Hall–Kier alpha value is -2.94. The molecule has 0 spiro atoms. The van der Waals surface area contributed by atoms with Gasteiger partial charge in [-0.05, 0) is 45.1 Å². The summed E-state index contributed by atoms with van der Waals surface area (Å²) in [4.78, 5) is 10.7. The van der Waals surface area contributed by atoms with Crippen LogP contribution in [0.4, 0.5) is 5.69 Å². The molecule has 0 bridgehead atoms. The zero-order chi connectivity index (χ0) is 19.3. The van der Waals surface area contributed by atoms with Gasteiger partial charge in [-0.2, -0.15) is 5.10 Å². The van der Waals surface area contributed by atoms with Gasteiger partial charge in [0.25, 0.3) is 5.69 Å². The lowest BCUT2D eigenvalue weighted by Crippen LogP contribution is -2.31. The molecular formula is C17H21N5O3S. The number of thiocarbonyl (C=S) groups is 1. The number of nitrogens with zero attached hydrogens (tertiary/aromatic N) is 3. The Balaban J connectivity index is 2.42. The van der Waals surface area contributed by atoms with Gasteiger partial charge in [-0.1, -0.05) is 0 Å². The molecule has 0 fully saturated rings. The maximum absolute atomic E-state index is 11.1. The van der Waals surface area contributed by atoms with E-state index in [1.54, 1.807) is 12.3 Å². The zero-order valence-corrected chi connectivity index (χ0v) is 15.9. The Bertz CT molecular complexity index is 860. The van der Waals surface area contributed by atoms with Crippen LogP contribution in [0.3, 0.4) is 0 Å². The van der Waals surface area contributed by atoms with Gasteiger partial charge in [0.15, 0.2) is 5.11 Å². The van der Waals surface area contributed by atoms with E-state index in [1.807, 2.05) is 31.4 Å². The van der Waals surface area contributed by atoms with Crippen molar-refractivity contribution in [2.45, 2.75) is 20.8 Å². The molecule has 1 heterocycles. The lowest BCUT2D eigenvalue weighted by molar-refractivity contribution is -0.384. The van der Waals surface area contributed by atoms with Gasteiger partial charge in [0, 0.05) is 35.6 Å². The van der Waals surface area contributed by atoms with Gasteiger partial charge in [0.05, 0.1) is 23.9 Å². The second-order valence-electron chi connectivity index (χ2n) is 5.50. The minimum Gasteiger partial charge on any atom is -0.495 e. The Morgan fingerprint density at radius 3 is 2.77 bits per heavy atom. The molecule has 1 aromatic heterocycles. The van der Waals surface area contributed by atoms with Crippen LogP contribution < -0.4 is 15.5 Å². The molecule has 0 aliphatic heterocycles. The number of rotatable bonds is 6. The quantitative estimate of drug-likeness (QED) is 0.349. The monoisotopic (exact) mass is 375 g/mol. The standard InChI is InChI=1S/C17H21N5O3S/c1-5-18-17(26)20-19-10-13-8-11(2)21(12(13)3)15-9-14(22(23)24)6-7-16(15)25-4/h6-10H,5H2,1-4H3,(H2,18,20,26)/b19-10-. The van der Waals surface area contributed by atoms with E-state index in [4.69, 9.17) is 17.0 Å². The van der Waals surface area contributed by atoms with Crippen LogP contribution in [0.1, 0.15) is 23.9 Å². The van der Waals surface area contributed by atoms with Crippen LogP contribution in [0, 0.1) is 24.0 Å². The fourth-order valence-corrected chi connectivity index (χ4v) is 2.81. The molecule has 0 saturated heterocycles. The van der Waals surface area contributed by atoms with Crippen LogP contribution in [0.5, 0.6) is 5.75 Å². The lowest BCUT2D eigenvalue weighted by Gasteiger charge is -2.13. The molecule has 1 aromatic carbocycles. The summed E-state index contributed by atoms with van der Waals surface area (Å²) < 4.78 is 7.28. The molecule has 2 rings (SSSR count). The minimum atomic E-state index is -0.426. The summed E-state index contributed by atoms with van der Waals surface area (Å²) in [6, 6.07) is 6.45. The van der Waals surface area contributed by atoms with Crippen molar-refractivity contribution in [2.24, 2.45) is 5.10 Å². The van der Waals surface area contributed by atoms with E-state index in [0.717, 1.165) is 17.0 Å². The molecule has 0 unspecified atom stereocenters. The van der Waals surface area contributed by atoms with Crippen LogP contribution in [-0.2, 0) is 0 Å². The maximum atomic E-state index is 11.1. The summed E-state index contributed by atoms with van der Waals surface area (Å²) in [5, 5.41) is 18.6. The molecule has 0 saturated carbocycles.